The van der Waals surface area contributed by atoms with Crippen molar-refractivity contribution in [2.24, 2.45) is 34.0 Å². The summed E-state index contributed by atoms with van der Waals surface area (Å²) in [6.45, 7) is 19.2. The van der Waals surface area contributed by atoms with Crippen molar-refractivity contribution < 1.29 is 32.4 Å². The first kappa shape index (κ1) is 40.4. The minimum Gasteiger partial charge on any atom is -0.346 e. The van der Waals surface area contributed by atoms with Crippen LogP contribution in [-0.4, -0.2) is 116 Å². The Morgan fingerprint density at radius 2 is 1.55 bits per heavy atom. The van der Waals surface area contributed by atoms with E-state index in [2.05, 4.69) is 27.8 Å². The summed E-state index contributed by atoms with van der Waals surface area (Å²) in [6, 6.07) is -4.21. The maximum Gasteiger partial charge on any atom is 0.315 e. The van der Waals surface area contributed by atoms with Crippen LogP contribution < -0.4 is 21.3 Å². The van der Waals surface area contributed by atoms with Gasteiger partial charge >= 0.3 is 6.03 Å². The molecule has 0 radical (unpaired) electrons. The number of Topliss-reactive ketones (excluding diaryl/α,β-unsaturated/α-hetero) is 1. The number of ketones is 1. The van der Waals surface area contributed by atoms with Gasteiger partial charge in [0.2, 0.25) is 17.6 Å². The van der Waals surface area contributed by atoms with Crippen LogP contribution in [-0.2, 0) is 29.4 Å². The zero-order chi connectivity index (χ0) is 37.4. The van der Waals surface area contributed by atoms with Gasteiger partial charge in [-0.25, -0.2) is 4.79 Å². The van der Waals surface area contributed by atoms with Gasteiger partial charge in [0.1, 0.15) is 12.1 Å². The number of amides is 5. The molecule has 0 spiro atoms. The van der Waals surface area contributed by atoms with Crippen LogP contribution in [0.25, 0.3) is 0 Å². The van der Waals surface area contributed by atoms with Gasteiger partial charge in [0.15, 0.2) is 0 Å². The van der Waals surface area contributed by atoms with E-state index < -0.39 is 74.7 Å². The summed E-state index contributed by atoms with van der Waals surface area (Å²) in [5.74, 6) is -2.31. The molecule has 4 N–H and O–H groups in total. The highest BCUT2D eigenvalue weighted by Gasteiger charge is 2.70. The Morgan fingerprint density at radius 3 is 2.04 bits per heavy atom. The van der Waals surface area contributed by atoms with Crippen LogP contribution >= 0.6 is 0 Å². The van der Waals surface area contributed by atoms with Crippen LogP contribution in [0.2, 0.25) is 0 Å². The number of urea groups is 1. The van der Waals surface area contributed by atoms with Gasteiger partial charge in [-0.2, -0.15) is 17.0 Å². The number of likely N-dealkylation sites (N-methyl/N-ethyl adjacent to an activating group) is 1. The highest BCUT2D eigenvalue weighted by atomic mass is 32.2. The molecule has 3 aliphatic rings. The summed E-state index contributed by atoms with van der Waals surface area (Å²) in [5.41, 5.74) is -1.53. The molecule has 0 aromatic rings. The molecule has 49 heavy (non-hydrogen) atoms. The van der Waals surface area contributed by atoms with E-state index in [0.717, 1.165) is 17.1 Å². The third-order valence-electron chi connectivity index (χ3n) is 10.3. The van der Waals surface area contributed by atoms with Gasteiger partial charge in [-0.1, -0.05) is 74.3 Å². The number of carbonyl (C=O) groups is 5. The van der Waals surface area contributed by atoms with Crippen molar-refractivity contribution in [3.63, 3.8) is 0 Å². The van der Waals surface area contributed by atoms with Crippen LogP contribution in [0.3, 0.4) is 0 Å². The molecule has 15 heteroatoms. The van der Waals surface area contributed by atoms with Crippen LogP contribution in [0.5, 0.6) is 0 Å². The largest absolute Gasteiger partial charge is 0.346 e. The van der Waals surface area contributed by atoms with Crippen molar-refractivity contribution in [3.05, 3.63) is 12.7 Å². The van der Waals surface area contributed by atoms with Crippen molar-refractivity contribution in [1.82, 2.24) is 34.8 Å². The second-order valence-corrected chi connectivity index (χ2v) is 19.1. The molecular weight excluding hydrogens is 650 g/mol. The number of rotatable bonds is 15. The average Bonchev–Trinajstić information content (AvgIpc) is 3.83. The molecule has 0 aromatic carbocycles. The van der Waals surface area contributed by atoms with Crippen LogP contribution in [0, 0.1) is 34.0 Å². The first-order valence-electron chi connectivity index (χ1n) is 17.1. The lowest BCUT2D eigenvalue weighted by Gasteiger charge is -2.39. The quantitative estimate of drug-likeness (QED) is 0.147. The molecule has 0 bridgehead atoms. The van der Waals surface area contributed by atoms with Gasteiger partial charge < -0.3 is 26.2 Å². The molecule has 3 rings (SSSR count). The third-order valence-corrected chi connectivity index (χ3v) is 12.2. The number of carbonyl (C=O) groups excluding carboxylic acids is 5. The second-order valence-electron chi connectivity index (χ2n) is 16.9. The zero-order valence-electron chi connectivity index (χ0n) is 31.2. The normalized spacial score (nSPS) is 23.6. The van der Waals surface area contributed by atoms with Gasteiger partial charge in [0.25, 0.3) is 16.1 Å². The summed E-state index contributed by atoms with van der Waals surface area (Å²) in [4.78, 5) is 69.2. The molecule has 2 aliphatic carbocycles. The molecule has 3 fully saturated rings. The van der Waals surface area contributed by atoms with E-state index >= 15 is 0 Å². The molecule has 0 aromatic heterocycles. The molecule has 1 saturated heterocycles. The first-order chi connectivity index (χ1) is 22.3. The van der Waals surface area contributed by atoms with E-state index in [1.165, 1.54) is 36.4 Å². The predicted octanol–water partition coefficient (Wildman–Crippen LogP) is 1.49. The summed E-state index contributed by atoms with van der Waals surface area (Å²) in [7, 11) is 0.563. The summed E-state index contributed by atoms with van der Waals surface area (Å²) in [6.07, 6.45) is 3.64. The predicted molar refractivity (Wildman–Crippen MR) is 187 cm³/mol. The molecule has 2 saturated carbocycles. The van der Waals surface area contributed by atoms with Crippen molar-refractivity contribution in [2.75, 3.05) is 40.8 Å². The van der Waals surface area contributed by atoms with Crippen LogP contribution in [0.4, 0.5) is 4.79 Å². The van der Waals surface area contributed by atoms with Gasteiger partial charge in [0.05, 0.1) is 6.04 Å². The molecule has 1 heterocycles. The lowest BCUT2D eigenvalue weighted by molar-refractivity contribution is -0.145. The topological polar surface area (TPSA) is 177 Å². The second kappa shape index (κ2) is 14.7. The van der Waals surface area contributed by atoms with E-state index in [1.807, 2.05) is 55.4 Å². The summed E-state index contributed by atoms with van der Waals surface area (Å²) >= 11 is 0. The number of likely N-dealkylation sites (tertiary alicyclic amines) is 1. The Labute approximate surface area is 292 Å². The monoisotopic (exact) mass is 709 g/mol. The van der Waals surface area contributed by atoms with Crippen molar-refractivity contribution in [1.29, 1.82) is 0 Å². The average molecular weight is 710 g/mol. The standard InChI is InChI=1S/C34H59N7O7S/c1-13-16-35-29(44)26(42)22(17-20-14-15-20)36-28(43)25-24-21(34(24,8)9)18-41(25)30(45)27(33(5,6)7)38-31(46)37-23(32(2,3)4)19-40(12)49(47,48)39(10)11/h13,20-25,27H,1,14-19H2,2-12H3,(H,35,44)(H,36,43)(H2,37,38,46)/t21-,22?,23+,24-,25-,27+/m0/s1. The van der Waals surface area contributed by atoms with Gasteiger partial charge in [-0.15, -0.1) is 6.58 Å². The zero-order valence-corrected chi connectivity index (χ0v) is 32.0. The third kappa shape index (κ3) is 9.40. The Morgan fingerprint density at radius 1 is 0.959 bits per heavy atom. The smallest absolute Gasteiger partial charge is 0.315 e. The number of hydrogen-bond acceptors (Lipinski definition) is 7. The minimum absolute atomic E-state index is 0.00919. The van der Waals surface area contributed by atoms with Crippen molar-refractivity contribution in [3.8, 4) is 0 Å². The Kier molecular flexibility index (Phi) is 12.1. The Balaban J connectivity index is 1.83. The van der Waals surface area contributed by atoms with Crippen molar-refractivity contribution in [2.45, 2.75) is 98.8 Å². The van der Waals surface area contributed by atoms with Gasteiger partial charge in [-0.05, 0) is 40.4 Å². The molecule has 278 valence electrons. The first-order valence-corrected chi connectivity index (χ1v) is 18.5. The fourth-order valence-electron chi connectivity index (χ4n) is 6.71. The lowest BCUT2D eigenvalue weighted by Crippen LogP contribution is -2.63. The summed E-state index contributed by atoms with van der Waals surface area (Å²) < 4.78 is 27.7. The maximum absolute atomic E-state index is 14.4. The van der Waals surface area contributed by atoms with Crippen LogP contribution in [0.1, 0.15) is 74.7 Å². The van der Waals surface area contributed by atoms with E-state index in [9.17, 15) is 32.4 Å². The molecule has 1 aliphatic heterocycles. The number of nitrogens with one attached hydrogen (secondary N) is 4. The lowest BCUT2D eigenvalue weighted by atomic mass is 9.85. The number of nitrogens with zero attached hydrogens (tertiary/aromatic N) is 3. The summed E-state index contributed by atoms with van der Waals surface area (Å²) in [5, 5.41) is 11.1. The highest BCUT2D eigenvalue weighted by molar-refractivity contribution is 7.86. The van der Waals surface area contributed by atoms with E-state index in [-0.39, 0.29) is 36.3 Å². The fourth-order valence-corrected chi connectivity index (χ4v) is 7.61. The molecule has 5 amide bonds. The number of hydrogen-bond donors (Lipinski definition) is 4. The minimum atomic E-state index is -3.74. The van der Waals surface area contributed by atoms with Crippen LogP contribution in [0.15, 0.2) is 12.7 Å². The van der Waals surface area contributed by atoms with Gasteiger partial charge in [-0.3, -0.25) is 19.2 Å². The fraction of sp³-hybridized carbons (Fsp3) is 0.794. The molecule has 14 nitrogen and oxygen atoms in total. The number of piperidine rings is 1. The SMILES string of the molecule is C=CCNC(=O)C(=O)C(CC1CC1)NC(=O)[C@@H]1[C@@H]2[C@H](CN1C(=O)[C@@H](NC(=O)N[C@H](CN(C)S(=O)(=O)N(C)C)C(C)(C)C)C(C)(C)C)C2(C)C. The Bertz CT molecular complexity index is 1410. The highest BCUT2D eigenvalue weighted by Crippen LogP contribution is 2.65. The number of fused-ring (bicyclic) bond motifs is 1. The molecule has 1 unspecified atom stereocenters. The van der Waals surface area contributed by atoms with E-state index in [0.29, 0.717) is 13.0 Å². The maximum atomic E-state index is 14.4. The molecule has 6 atom stereocenters. The van der Waals surface area contributed by atoms with Crippen molar-refractivity contribution >= 4 is 39.7 Å². The van der Waals surface area contributed by atoms with Gasteiger partial charge in [0, 0.05) is 46.8 Å². The molecular formula is C34H59N7O7S. The van der Waals surface area contributed by atoms with E-state index in [4.69, 9.17) is 0 Å². The Hall–Kier alpha value is -3.04. The van der Waals surface area contributed by atoms with E-state index in [1.54, 1.807) is 0 Å².